The minimum Gasteiger partial charge on any atom is -1.00 e. The summed E-state index contributed by atoms with van der Waals surface area (Å²) in [4.78, 5) is 0. The van der Waals surface area contributed by atoms with Gasteiger partial charge < -0.3 is 22.6 Å². The van der Waals surface area contributed by atoms with Crippen molar-refractivity contribution in [3.63, 3.8) is 0 Å². The molecule has 0 aromatic heterocycles. The van der Waals surface area contributed by atoms with E-state index in [1.165, 1.54) is 0 Å². The topological polar surface area (TPSA) is 40.5 Å². The molecule has 2 nitrogen and oxygen atoms in total. The first-order valence-electron chi connectivity index (χ1n) is 2.13. The monoisotopic (exact) mass is 148 g/mol. The number of halogens is 1. The molecule has 0 atom stereocenters. The van der Waals surface area contributed by atoms with Gasteiger partial charge in [0.25, 0.3) is 0 Å². The first-order valence-corrected chi connectivity index (χ1v) is 2.13. The molecule has 0 rings (SSSR count). The summed E-state index contributed by atoms with van der Waals surface area (Å²) in [5.41, 5.74) is 0. The average Bonchev–Trinajstić information content (AvgIpc) is 1.61. The molecule has 0 bridgehead atoms. The molecule has 0 aliphatic carbocycles. The van der Waals surface area contributed by atoms with E-state index in [-0.39, 0.29) is 55.2 Å². The molecule has 0 aromatic carbocycles. The third kappa shape index (κ3) is 15.7. The van der Waals surface area contributed by atoms with E-state index >= 15 is 0 Å². The van der Waals surface area contributed by atoms with E-state index in [4.69, 9.17) is 10.2 Å². The van der Waals surface area contributed by atoms with E-state index in [1.54, 1.807) is 0 Å². The predicted molar refractivity (Wildman–Crippen MR) is 23.4 cm³/mol. The van der Waals surface area contributed by atoms with Gasteiger partial charge in [0.05, 0.1) is 0 Å². The van der Waals surface area contributed by atoms with Crippen molar-refractivity contribution in [1.29, 1.82) is 0 Å². The van der Waals surface area contributed by atoms with Crippen molar-refractivity contribution < 1.29 is 52.2 Å². The first kappa shape index (κ1) is 16.1. The summed E-state index contributed by atoms with van der Waals surface area (Å²) in [6, 6.07) is 0. The standard InChI is InChI=1S/C4H10O2.ClH.Na/c5-3-1-2-4-6;;/h5-6H,1-4H2;1H;/q;;+1/p-1. The third-order valence-corrected chi connectivity index (χ3v) is 0.566. The number of hydrogen-bond donors (Lipinski definition) is 2. The van der Waals surface area contributed by atoms with Gasteiger partial charge in [-0.3, -0.25) is 0 Å². The molecule has 0 saturated heterocycles. The van der Waals surface area contributed by atoms with Crippen molar-refractivity contribution >= 4 is 0 Å². The second kappa shape index (κ2) is 15.7. The van der Waals surface area contributed by atoms with Gasteiger partial charge in [0, 0.05) is 13.2 Å². The summed E-state index contributed by atoms with van der Waals surface area (Å²) in [6.45, 7) is 0.390. The quantitative estimate of drug-likeness (QED) is 0.309. The molecular formula is C4H10ClNaO2. The molecule has 4 heteroatoms. The Bertz CT molecular complexity index is 26.0. The fourth-order valence-electron chi connectivity index (χ4n) is 0.224. The van der Waals surface area contributed by atoms with Gasteiger partial charge in [0.15, 0.2) is 0 Å². The number of unbranched alkanes of at least 4 members (excludes halogenated alkanes) is 1. The van der Waals surface area contributed by atoms with Crippen LogP contribution >= 0.6 is 0 Å². The van der Waals surface area contributed by atoms with Gasteiger partial charge in [0.2, 0.25) is 0 Å². The molecular weight excluding hydrogens is 138 g/mol. The van der Waals surface area contributed by atoms with Crippen LogP contribution in [0.4, 0.5) is 0 Å². The van der Waals surface area contributed by atoms with Gasteiger partial charge in [-0.1, -0.05) is 0 Å². The Kier molecular flexibility index (Phi) is 31.6. The number of hydrogen-bond acceptors (Lipinski definition) is 2. The second-order valence-corrected chi connectivity index (χ2v) is 1.15. The number of aliphatic hydroxyl groups is 2. The van der Waals surface area contributed by atoms with Crippen LogP contribution in [0.1, 0.15) is 12.8 Å². The normalized spacial score (nSPS) is 6.75. The van der Waals surface area contributed by atoms with E-state index in [9.17, 15) is 0 Å². The summed E-state index contributed by atoms with van der Waals surface area (Å²) in [6.07, 6.45) is 1.44. The maximum Gasteiger partial charge on any atom is 1.00 e. The van der Waals surface area contributed by atoms with Gasteiger partial charge in [0.1, 0.15) is 0 Å². The van der Waals surface area contributed by atoms with Crippen molar-refractivity contribution in [2.75, 3.05) is 13.2 Å². The van der Waals surface area contributed by atoms with Crippen LogP contribution in [0.15, 0.2) is 0 Å². The van der Waals surface area contributed by atoms with Crippen molar-refractivity contribution in [2.45, 2.75) is 12.8 Å². The minimum atomic E-state index is 0. The Morgan fingerprint density at radius 3 is 1.25 bits per heavy atom. The fraction of sp³-hybridized carbons (Fsp3) is 1.00. The minimum absolute atomic E-state index is 0. The molecule has 0 amide bonds. The van der Waals surface area contributed by atoms with Crippen LogP contribution in [0.2, 0.25) is 0 Å². The van der Waals surface area contributed by atoms with Crippen molar-refractivity contribution in [3.05, 3.63) is 0 Å². The number of aliphatic hydroxyl groups excluding tert-OH is 2. The zero-order valence-electron chi connectivity index (χ0n) is 5.10. The maximum absolute atomic E-state index is 8.09. The van der Waals surface area contributed by atoms with E-state index < -0.39 is 0 Å². The van der Waals surface area contributed by atoms with Crippen molar-refractivity contribution in [1.82, 2.24) is 0 Å². The predicted octanol–water partition coefficient (Wildman–Crippen LogP) is -6.24. The second-order valence-electron chi connectivity index (χ2n) is 1.15. The van der Waals surface area contributed by atoms with Crippen LogP contribution in [0.25, 0.3) is 0 Å². The summed E-state index contributed by atoms with van der Waals surface area (Å²) in [7, 11) is 0. The van der Waals surface area contributed by atoms with Gasteiger partial charge in [-0.2, -0.15) is 0 Å². The Labute approximate surface area is 78.0 Å². The van der Waals surface area contributed by atoms with Crippen molar-refractivity contribution in [2.24, 2.45) is 0 Å². The van der Waals surface area contributed by atoms with Crippen LogP contribution < -0.4 is 42.0 Å². The summed E-state index contributed by atoms with van der Waals surface area (Å²) in [5.74, 6) is 0. The Balaban J connectivity index is -0.000000125. The molecule has 46 valence electrons. The molecule has 0 radical (unpaired) electrons. The first-order chi connectivity index (χ1) is 2.91. The molecule has 2 N–H and O–H groups in total. The largest absolute Gasteiger partial charge is 1.00 e. The van der Waals surface area contributed by atoms with Gasteiger partial charge >= 0.3 is 29.6 Å². The molecule has 0 spiro atoms. The van der Waals surface area contributed by atoms with Crippen LogP contribution in [-0.2, 0) is 0 Å². The Morgan fingerprint density at radius 2 is 1.12 bits per heavy atom. The third-order valence-electron chi connectivity index (χ3n) is 0.566. The van der Waals surface area contributed by atoms with Gasteiger partial charge in [-0.25, -0.2) is 0 Å². The van der Waals surface area contributed by atoms with Crippen molar-refractivity contribution in [3.8, 4) is 0 Å². The summed E-state index contributed by atoms with van der Waals surface area (Å²) < 4.78 is 0. The van der Waals surface area contributed by atoms with E-state index in [2.05, 4.69) is 0 Å². The zero-order chi connectivity index (χ0) is 4.83. The van der Waals surface area contributed by atoms with E-state index in [0.29, 0.717) is 0 Å². The Morgan fingerprint density at radius 1 is 0.875 bits per heavy atom. The fourth-order valence-corrected chi connectivity index (χ4v) is 0.224. The van der Waals surface area contributed by atoms with Gasteiger partial charge in [-0.05, 0) is 12.8 Å². The maximum atomic E-state index is 8.09. The molecule has 8 heavy (non-hydrogen) atoms. The van der Waals surface area contributed by atoms with E-state index in [1.807, 2.05) is 0 Å². The van der Waals surface area contributed by atoms with Gasteiger partial charge in [-0.15, -0.1) is 0 Å². The van der Waals surface area contributed by atoms with Crippen LogP contribution in [0.5, 0.6) is 0 Å². The zero-order valence-corrected chi connectivity index (χ0v) is 7.86. The molecule has 0 unspecified atom stereocenters. The molecule has 0 aliphatic heterocycles. The molecule has 0 saturated carbocycles. The van der Waals surface area contributed by atoms with Crippen LogP contribution in [0, 0.1) is 0 Å². The van der Waals surface area contributed by atoms with Crippen LogP contribution in [-0.4, -0.2) is 23.4 Å². The molecule has 0 aromatic rings. The van der Waals surface area contributed by atoms with Crippen LogP contribution in [0.3, 0.4) is 0 Å². The van der Waals surface area contributed by atoms with E-state index in [0.717, 1.165) is 12.8 Å². The molecule has 0 fully saturated rings. The number of rotatable bonds is 3. The average molecular weight is 149 g/mol. The SMILES string of the molecule is OCCCCO.[Cl-].[Na+]. The summed E-state index contributed by atoms with van der Waals surface area (Å²) >= 11 is 0. The smallest absolute Gasteiger partial charge is 1.00 e. The molecule has 0 heterocycles. The Hall–Kier alpha value is 1.21. The molecule has 0 aliphatic rings. The summed E-state index contributed by atoms with van der Waals surface area (Å²) in [5, 5.41) is 16.2.